The Labute approximate surface area is 102 Å². The first kappa shape index (κ1) is 11.4. The van der Waals surface area contributed by atoms with Crippen molar-refractivity contribution < 1.29 is 0 Å². The van der Waals surface area contributed by atoms with Gasteiger partial charge >= 0.3 is 0 Å². The van der Waals surface area contributed by atoms with Crippen LogP contribution in [0.3, 0.4) is 0 Å². The first-order chi connectivity index (χ1) is 8.20. The van der Waals surface area contributed by atoms with Gasteiger partial charge in [0.1, 0.15) is 0 Å². The molecule has 0 fully saturated rings. The van der Waals surface area contributed by atoms with Gasteiger partial charge in [-0.1, -0.05) is 48.6 Å². The molecule has 0 amide bonds. The van der Waals surface area contributed by atoms with Crippen LogP contribution >= 0.6 is 0 Å². The van der Waals surface area contributed by atoms with Crippen LogP contribution in [0.5, 0.6) is 0 Å². The molecule has 0 aliphatic carbocycles. The minimum atomic E-state index is 0.910. The lowest BCUT2D eigenvalue weighted by atomic mass is 10.0. The predicted molar refractivity (Wildman–Crippen MR) is 74.4 cm³/mol. The molecule has 2 aromatic carbocycles. The number of nitrogen functional groups attached to an aromatic ring is 1. The molecule has 2 aromatic rings. The van der Waals surface area contributed by atoms with E-state index < -0.39 is 0 Å². The highest BCUT2D eigenvalue weighted by Gasteiger charge is 1.98. The molecule has 2 heteroatoms. The maximum absolute atomic E-state index is 5.33. The highest BCUT2D eigenvalue weighted by molar-refractivity contribution is 5.69. The average Bonchev–Trinajstić information content (AvgIpc) is 2.39. The van der Waals surface area contributed by atoms with Crippen molar-refractivity contribution in [1.29, 1.82) is 0 Å². The predicted octanol–water partition coefficient (Wildman–Crippen LogP) is 3.67. The van der Waals surface area contributed by atoms with E-state index in [-0.39, 0.29) is 0 Å². The van der Waals surface area contributed by atoms with E-state index in [9.17, 15) is 0 Å². The quantitative estimate of drug-likeness (QED) is 0.616. The summed E-state index contributed by atoms with van der Waals surface area (Å²) in [5.41, 5.74) is 8.16. The van der Waals surface area contributed by atoms with Crippen LogP contribution in [0.15, 0.2) is 55.1 Å². The molecule has 3 N–H and O–H groups in total. The number of hydrogen-bond donors (Lipinski definition) is 2. The number of allylic oxidation sites excluding steroid dienone is 1. The standard InChI is InChI=1S/C15H16N2/c1-11(2)12-3-5-13(6-4-12)14-7-9-15(17-16)10-8-14/h3-10,17H,1,16H2,2H3. The molecule has 17 heavy (non-hydrogen) atoms. The second-order valence-corrected chi connectivity index (χ2v) is 4.08. The third kappa shape index (κ3) is 2.55. The third-order valence-corrected chi connectivity index (χ3v) is 2.76. The van der Waals surface area contributed by atoms with E-state index in [1.54, 1.807) is 0 Å². The summed E-state index contributed by atoms with van der Waals surface area (Å²) < 4.78 is 0. The molecule has 86 valence electrons. The molecular weight excluding hydrogens is 208 g/mol. The van der Waals surface area contributed by atoms with Crippen LogP contribution in [0.1, 0.15) is 12.5 Å². The van der Waals surface area contributed by atoms with Gasteiger partial charge in [-0.25, -0.2) is 0 Å². The maximum Gasteiger partial charge on any atom is 0.0485 e. The fourth-order valence-corrected chi connectivity index (χ4v) is 1.71. The van der Waals surface area contributed by atoms with Crippen LogP contribution < -0.4 is 11.3 Å². The summed E-state index contributed by atoms with van der Waals surface area (Å²) >= 11 is 0. The summed E-state index contributed by atoms with van der Waals surface area (Å²) in [6.45, 7) is 5.94. The van der Waals surface area contributed by atoms with Crippen molar-refractivity contribution in [1.82, 2.24) is 0 Å². The smallest absolute Gasteiger partial charge is 0.0485 e. The largest absolute Gasteiger partial charge is 0.324 e. The van der Waals surface area contributed by atoms with Crippen molar-refractivity contribution in [3.05, 3.63) is 60.7 Å². The molecule has 0 atom stereocenters. The van der Waals surface area contributed by atoms with Crippen LogP contribution in [0, 0.1) is 0 Å². The number of anilines is 1. The first-order valence-electron chi connectivity index (χ1n) is 5.53. The fraction of sp³-hybridized carbons (Fsp3) is 0.0667. The highest BCUT2D eigenvalue weighted by atomic mass is 15.2. The van der Waals surface area contributed by atoms with Crippen molar-refractivity contribution >= 4 is 11.3 Å². The minimum absolute atomic E-state index is 0.910. The molecule has 0 aliphatic heterocycles. The van der Waals surface area contributed by atoms with Gasteiger partial charge in [0.05, 0.1) is 0 Å². The van der Waals surface area contributed by atoms with Gasteiger partial charge in [-0.3, -0.25) is 5.84 Å². The zero-order chi connectivity index (χ0) is 12.3. The van der Waals surface area contributed by atoms with Gasteiger partial charge in [-0.15, -0.1) is 0 Å². The maximum atomic E-state index is 5.33. The summed E-state index contributed by atoms with van der Waals surface area (Å²) in [6.07, 6.45) is 0. The van der Waals surface area contributed by atoms with Gasteiger partial charge in [0, 0.05) is 5.69 Å². The molecule has 0 aliphatic rings. The summed E-state index contributed by atoms with van der Waals surface area (Å²) in [5.74, 6) is 5.33. The second kappa shape index (κ2) is 4.85. The van der Waals surface area contributed by atoms with E-state index in [0.29, 0.717) is 0 Å². The molecule has 0 saturated carbocycles. The van der Waals surface area contributed by atoms with E-state index in [0.717, 1.165) is 11.3 Å². The summed E-state index contributed by atoms with van der Waals surface area (Å²) in [7, 11) is 0. The van der Waals surface area contributed by atoms with Gasteiger partial charge in [0.2, 0.25) is 0 Å². The van der Waals surface area contributed by atoms with Crippen LogP contribution in [-0.4, -0.2) is 0 Å². The molecule has 0 aromatic heterocycles. The first-order valence-corrected chi connectivity index (χ1v) is 5.53. The van der Waals surface area contributed by atoms with Crippen molar-refractivity contribution in [3.63, 3.8) is 0 Å². The van der Waals surface area contributed by atoms with Gasteiger partial charge in [-0.2, -0.15) is 0 Å². The van der Waals surface area contributed by atoms with Crippen molar-refractivity contribution in [2.75, 3.05) is 5.43 Å². The summed E-state index contributed by atoms with van der Waals surface area (Å²) in [4.78, 5) is 0. The summed E-state index contributed by atoms with van der Waals surface area (Å²) in [5, 5.41) is 0. The molecule has 0 saturated heterocycles. The van der Waals surface area contributed by atoms with Crippen LogP contribution in [0.25, 0.3) is 16.7 Å². The molecule has 0 radical (unpaired) electrons. The van der Waals surface area contributed by atoms with Gasteiger partial charge < -0.3 is 5.43 Å². The Morgan fingerprint density at radius 2 is 1.41 bits per heavy atom. The van der Waals surface area contributed by atoms with Gasteiger partial charge in [0.15, 0.2) is 0 Å². The Hall–Kier alpha value is -2.06. The monoisotopic (exact) mass is 224 g/mol. The normalized spacial score (nSPS) is 10.0. The van der Waals surface area contributed by atoms with Gasteiger partial charge in [-0.05, 0) is 35.7 Å². The SMILES string of the molecule is C=C(C)c1ccc(-c2ccc(NN)cc2)cc1. The van der Waals surface area contributed by atoms with Crippen molar-refractivity contribution in [2.24, 2.45) is 5.84 Å². The number of nitrogens with one attached hydrogen (secondary N) is 1. The number of hydrogen-bond acceptors (Lipinski definition) is 2. The number of benzene rings is 2. The lowest BCUT2D eigenvalue weighted by Gasteiger charge is -2.05. The Kier molecular flexibility index (Phi) is 3.26. The zero-order valence-electron chi connectivity index (χ0n) is 9.90. The fourth-order valence-electron chi connectivity index (χ4n) is 1.71. The number of nitrogens with two attached hydrogens (primary N) is 1. The molecule has 0 spiro atoms. The van der Waals surface area contributed by atoms with Crippen molar-refractivity contribution in [2.45, 2.75) is 6.92 Å². The average molecular weight is 224 g/mol. The van der Waals surface area contributed by atoms with Crippen LogP contribution in [0.2, 0.25) is 0 Å². The van der Waals surface area contributed by atoms with Crippen molar-refractivity contribution in [3.8, 4) is 11.1 Å². The Balaban J connectivity index is 2.29. The number of hydrazine groups is 1. The third-order valence-electron chi connectivity index (χ3n) is 2.76. The molecule has 2 nitrogen and oxygen atoms in total. The lowest BCUT2D eigenvalue weighted by molar-refractivity contribution is 1.35. The Morgan fingerprint density at radius 3 is 1.82 bits per heavy atom. The highest BCUT2D eigenvalue weighted by Crippen LogP contribution is 2.23. The van der Waals surface area contributed by atoms with E-state index in [2.05, 4.69) is 36.3 Å². The van der Waals surface area contributed by atoms with E-state index in [1.807, 2.05) is 31.2 Å². The zero-order valence-corrected chi connectivity index (χ0v) is 9.90. The summed E-state index contributed by atoms with van der Waals surface area (Å²) in [6, 6.07) is 16.4. The Morgan fingerprint density at radius 1 is 0.941 bits per heavy atom. The Bertz CT molecular complexity index is 510. The topological polar surface area (TPSA) is 38.0 Å². The van der Waals surface area contributed by atoms with E-state index in [4.69, 9.17) is 5.84 Å². The molecule has 0 heterocycles. The minimum Gasteiger partial charge on any atom is -0.324 e. The molecule has 0 unspecified atom stereocenters. The second-order valence-electron chi connectivity index (χ2n) is 4.08. The molecular formula is C15H16N2. The lowest BCUT2D eigenvalue weighted by Crippen LogP contribution is -2.05. The molecule has 0 bridgehead atoms. The molecule has 2 rings (SSSR count). The number of rotatable bonds is 3. The van der Waals surface area contributed by atoms with Crippen LogP contribution in [0.4, 0.5) is 5.69 Å². The van der Waals surface area contributed by atoms with E-state index >= 15 is 0 Å². The van der Waals surface area contributed by atoms with Crippen LogP contribution in [-0.2, 0) is 0 Å². The van der Waals surface area contributed by atoms with Gasteiger partial charge in [0.25, 0.3) is 0 Å². The van der Waals surface area contributed by atoms with E-state index in [1.165, 1.54) is 16.7 Å².